The average molecular weight is 358 g/mol. The zero-order valence-corrected chi connectivity index (χ0v) is 14.4. The highest BCUT2D eigenvalue weighted by atomic mass is 79.9. The summed E-state index contributed by atoms with van der Waals surface area (Å²) in [5, 5.41) is 3.53. The van der Waals surface area contributed by atoms with Gasteiger partial charge in [-0.15, -0.1) is 11.3 Å². The van der Waals surface area contributed by atoms with Crippen molar-refractivity contribution in [2.45, 2.75) is 19.4 Å². The molecule has 20 heavy (non-hydrogen) atoms. The van der Waals surface area contributed by atoms with Crippen LogP contribution in [0, 0.1) is 5.92 Å². The molecule has 2 fully saturated rings. The molecule has 2 aliphatic rings. The van der Waals surface area contributed by atoms with E-state index in [1.54, 1.807) is 0 Å². The number of nitrogens with one attached hydrogen (secondary N) is 1. The summed E-state index contributed by atoms with van der Waals surface area (Å²) >= 11 is 5.41. The van der Waals surface area contributed by atoms with Crippen LogP contribution in [0.4, 0.5) is 0 Å². The smallest absolute Gasteiger partial charge is 0.0701 e. The van der Waals surface area contributed by atoms with Crippen molar-refractivity contribution in [2.24, 2.45) is 5.92 Å². The summed E-state index contributed by atoms with van der Waals surface area (Å²) in [6.45, 7) is 9.78. The molecule has 1 unspecified atom stereocenters. The Morgan fingerprint density at radius 1 is 1.20 bits per heavy atom. The first-order chi connectivity index (χ1) is 9.79. The van der Waals surface area contributed by atoms with Gasteiger partial charge in [-0.05, 0) is 59.9 Å². The number of nitrogens with zero attached hydrogens (tertiary/aromatic N) is 2. The summed E-state index contributed by atoms with van der Waals surface area (Å²) in [6.07, 6.45) is 2.77. The number of hydrogen-bond acceptors (Lipinski definition) is 4. The van der Waals surface area contributed by atoms with Crippen molar-refractivity contribution in [2.75, 3.05) is 45.8 Å². The van der Waals surface area contributed by atoms with Gasteiger partial charge in [0.2, 0.25) is 0 Å². The van der Waals surface area contributed by atoms with Crippen LogP contribution in [-0.4, -0.2) is 55.6 Å². The van der Waals surface area contributed by atoms with Crippen molar-refractivity contribution in [1.82, 2.24) is 15.1 Å². The molecule has 0 amide bonds. The van der Waals surface area contributed by atoms with Crippen LogP contribution in [0.1, 0.15) is 17.7 Å². The van der Waals surface area contributed by atoms with Crippen LogP contribution in [0.15, 0.2) is 15.9 Å². The highest BCUT2D eigenvalue weighted by Crippen LogP contribution is 2.23. The summed E-state index contributed by atoms with van der Waals surface area (Å²) in [5.41, 5.74) is 0. The van der Waals surface area contributed by atoms with Crippen molar-refractivity contribution in [3.8, 4) is 0 Å². The lowest BCUT2D eigenvalue weighted by Crippen LogP contribution is -2.48. The molecule has 0 aromatic carbocycles. The standard InChI is InChI=1S/C15H24BrN3S/c16-15-4-3-14(20-15)12-19-8-6-18(7-9-19)11-13-2-1-5-17-10-13/h3-4,13,17H,1-2,5-12H2. The van der Waals surface area contributed by atoms with Gasteiger partial charge >= 0.3 is 0 Å². The minimum atomic E-state index is 0.878. The monoisotopic (exact) mass is 357 g/mol. The Bertz CT molecular complexity index is 409. The lowest BCUT2D eigenvalue weighted by atomic mass is 9.99. The van der Waals surface area contributed by atoms with E-state index in [4.69, 9.17) is 0 Å². The van der Waals surface area contributed by atoms with E-state index >= 15 is 0 Å². The molecule has 112 valence electrons. The van der Waals surface area contributed by atoms with Gasteiger partial charge in [0.25, 0.3) is 0 Å². The van der Waals surface area contributed by atoms with Crippen LogP contribution in [0.3, 0.4) is 0 Å². The van der Waals surface area contributed by atoms with E-state index < -0.39 is 0 Å². The molecule has 0 saturated carbocycles. The molecule has 1 atom stereocenters. The van der Waals surface area contributed by atoms with E-state index in [1.807, 2.05) is 11.3 Å². The van der Waals surface area contributed by atoms with E-state index in [9.17, 15) is 0 Å². The second-order valence-corrected chi connectivity index (χ2v) is 8.54. The predicted octanol–water partition coefficient (Wildman–Crippen LogP) is 2.63. The minimum absolute atomic E-state index is 0.878. The number of thiophene rings is 1. The molecule has 3 rings (SSSR count). The zero-order valence-electron chi connectivity index (χ0n) is 12.0. The Balaban J connectivity index is 1.40. The van der Waals surface area contributed by atoms with Gasteiger partial charge in [-0.3, -0.25) is 4.90 Å². The van der Waals surface area contributed by atoms with Gasteiger partial charge < -0.3 is 10.2 Å². The Morgan fingerprint density at radius 2 is 2.00 bits per heavy atom. The molecular weight excluding hydrogens is 334 g/mol. The first-order valence-corrected chi connectivity index (χ1v) is 9.30. The molecule has 0 bridgehead atoms. The lowest BCUT2D eigenvalue weighted by Gasteiger charge is -2.37. The Morgan fingerprint density at radius 3 is 2.65 bits per heavy atom. The van der Waals surface area contributed by atoms with Crippen molar-refractivity contribution >= 4 is 27.3 Å². The summed E-state index contributed by atoms with van der Waals surface area (Å²) in [4.78, 5) is 6.73. The topological polar surface area (TPSA) is 18.5 Å². The van der Waals surface area contributed by atoms with Crippen LogP contribution in [0.5, 0.6) is 0 Å². The summed E-state index contributed by atoms with van der Waals surface area (Å²) < 4.78 is 1.25. The predicted molar refractivity (Wildman–Crippen MR) is 89.3 cm³/mol. The minimum Gasteiger partial charge on any atom is -0.316 e. The third kappa shape index (κ3) is 4.28. The van der Waals surface area contributed by atoms with Crippen molar-refractivity contribution in [1.29, 1.82) is 0 Å². The van der Waals surface area contributed by atoms with Crippen molar-refractivity contribution < 1.29 is 0 Å². The first-order valence-electron chi connectivity index (χ1n) is 7.69. The molecule has 5 heteroatoms. The second-order valence-electron chi connectivity index (χ2n) is 5.99. The van der Waals surface area contributed by atoms with Gasteiger partial charge in [-0.1, -0.05) is 0 Å². The van der Waals surface area contributed by atoms with Crippen molar-refractivity contribution in [3.05, 3.63) is 20.8 Å². The molecule has 0 aliphatic carbocycles. The van der Waals surface area contributed by atoms with E-state index in [0.717, 1.165) is 12.5 Å². The summed E-state index contributed by atoms with van der Waals surface area (Å²) in [5.74, 6) is 0.878. The maximum absolute atomic E-state index is 3.55. The van der Waals surface area contributed by atoms with Gasteiger partial charge in [-0.2, -0.15) is 0 Å². The molecule has 1 aromatic heterocycles. The van der Waals surface area contributed by atoms with Crippen LogP contribution in [-0.2, 0) is 6.54 Å². The third-order valence-electron chi connectivity index (χ3n) is 4.39. The molecule has 2 aliphatic heterocycles. The largest absolute Gasteiger partial charge is 0.316 e. The average Bonchev–Trinajstić information content (AvgIpc) is 2.88. The molecule has 2 saturated heterocycles. The van der Waals surface area contributed by atoms with Gasteiger partial charge in [0.1, 0.15) is 0 Å². The van der Waals surface area contributed by atoms with Gasteiger partial charge in [-0.25, -0.2) is 0 Å². The first kappa shape index (κ1) is 15.0. The Kier molecular flexibility index (Phi) is 5.51. The maximum Gasteiger partial charge on any atom is 0.0701 e. The Hall–Kier alpha value is 0.0600. The fourth-order valence-corrected chi connectivity index (χ4v) is 4.76. The van der Waals surface area contributed by atoms with Gasteiger partial charge in [0.15, 0.2) is 0 Å². The zero-order chi connectivity index (χ0) is 13.8. The number of halogens is 1. The quantitative estimate of drug-likeness (QED) is 0.893. The van der Waals surface area contributed by atoms with Gasteiger partial charge in [0, 0.05) is 44.1 Å². The molecule has 1 aromatic rings. The van der Waals surface area contributed by atoms with Crippen LogP contribution >= 0.6 is 27.3 Å². The molecular formula is C15H24BrN3S. The highest BCUT2D eigenvalue weighted by molar-refractivity contribution is 9.11. The highest BCUT2D eigenvalue weighted by Gasteiger charge is 2.21. The fourth-order valence-electron chi connectivity index (χ4n) is 3.23. The fraction of sp³-hybridized carbons (Fsp3) is 0.733. The lowest BCUT2D eigenvalue weighted by molar-refractivity contribution is 0.108. The number of piperazine rings is 1. The van der Waals surface area contributed by atoms with E-state index in [2.05, 4.69) is 43.2 Å². The molecule has 3 heterocycles. The molecule has 0 spiro atoms. The molecule has 1 N–H and O–H groups in total. The molecule has 3 nitrogen and oxygen atoms in total. The number of hydrogen-bond donors (Lipinski definition) is 1. The van der Waals surface area contributed by atoms with Crippen LogP contribution in [0.25, 0.3) is 0 Å². The van der Waals surface area contributed by atoms with Crippen molar-refractivity contribution in [3.63, 3.8) is 0 Å². The number of rotatable bonds is 4. The normalized spacial score (nSPS) is 25.9. The summed E-state index contributed by atoms with van der Waals surface area (Å²) in [6, 6.07) is 4.40. The van der Waals surface area contributed by atoms with E-state index in [-0.39, 0.29) is 0 Å². The third-order valence-corrected chi connectivity index (χ3v) is 6.00. The molecule has 0 radical (unpaired) electrons. The van der Waals surface area contributed by atoms with E-state index in [1.165, 1.54) is 67.3 Å². The SMILES string of the molecule is Brc1ccc(CN2CCN(CC3CCCNC3)CC2)s1. The van der Waals surface area contributed by atoms with E-state index in [0.29, 0.717) is 0 Å². The second kappa shape index (κ2) is 7.36. The van der Waals surface area contributed by atoms with Crippen LogP contribution < -0.4 is 5.32 Å². The van der Waals surface area contributed by atoms with Crippen LogP contribution in [0.2, 0.25) is 0 Å². The Labute approximate surface area is 134 Å². The number of piperidine rings is 1. The maximum atomic E-state index is 3.55. The summed E-state index contributed by atoms with van der Waals surface area (Å²) in [7, 11) is 0. The van der Waals surface area contributed by atoms with Gasteiger partial charge in [0.05, 0.1) is 3.79 Å².